The summed E-state index contributed by atoms with van der Waals surface area (Å²) >= 11 is 0. The number of carbonyl (C=O) groups is 2. The van der Waals surface area contributed by atoms with Gasteiger partial charge in [0, 0.05) is 38.0 Å². The van der Waals surface area contributed by atoms with Gasteiger partial charge in [-0.2, -0.15) is 0 Å². The lowest BCUT2D eigenvalue weighted by Crippen LogP contribution is -2.49. The summed E-state index contributed by atoms with van der Waals surface area (Å²) in [5, 5.41) is 3.59. The van der Waals surface area contributed by atoms with Crippen molar-refractivity contribution in [2.75, 3.05) is 36.4 Å². The highest BCUT2D eigenvalue weighted by Gasteiger charge is 2.29. The number of rotatable bonds is 5. The van der Waals surface area contributed by atoms with Gasteiger partial charge in [0.05, 0.1) is 5.69 Å². The van der Waals surface area contributed by atoms with Gasteiger partial charge in [0.1, 0.15) is 17.1 Å². The van der Waals surface area contributed by atoms with Gasteiger partial charge in [-0.05, 0) is 30.2 Å². The topological polar surface area (TPSA) is 65.8 Å². The summed E-state index contributed by atoms with van der Waals surface area (Å²) in [4.78, 5) is 29.3. The second kappa shape index (κ2) is 8.79. The van der Waals surface area contributed by atoms with E-state index in [-0.39, 0.29) is 29.3 Å². The Morgan fingerprint density at radius 3 is 2.42 bits per heavy atom. The summed E-state index contributed by atoms with van der Waals surface area (Å²) in [7, 11) is 0. The second-order valence-corrected chi connectivity index (χ2v) is 8.18. The van der Waals surface area contributed by atoms with Crippen LogP contribution in [0.15, 0.2) is 52.9 Å². The molecule has 7 heteroatoms. The number of piperazine rings is 1. The third-order valence-electron chi connectivity index (χ3n) is 5.41. The number of benzene rings is 2. The van der Waals surface area contributed by atoms with Crippen molar-refractivity contribution < 1.29 is 18.4 Å². The number of nitrogens with one attached hydrogen (secondary N) is 1. The van der Waals surface area contributed by atoms with E-state index in [4.69, 9.17) is 4.42 Å². The predicted octanol–water partition coefficient (Wildman–Crippen LogP) is 4.52. The summed E-state index contributed by atoms with van der Waals surface area (Å²) < 4.78 is 20.0. The summed E-state index contributed by atoms with van der Waals surface area (Å²) in [6.07, 6.45) is 0.356. The predicted molar refractivity (Wildman–Crippen MR) is 119 cm³/mol. The average molecular weight is 423 g/mol. The summed E-state index contributed by atoms with van der Waals surface area (Å²) in [6.45, 7) is 5.83. The van der Waals surface area contributed by atoms with Crippen molar-refractivity contribution in [2.24, 2.45) is 5.92 Å². The van der Waals surface area contributed by atoms with Gasteiger partial charge < -0.3 is 19.5 Å². The first-order valence-electron chi connectivity index (χ1n) is 10.5. The highest BCUT2D eigenvalue weighted by molar-refractivity contribution is 6.10. The Balaban J connectivity index is 1.55. The minimum absolute atomic E-state index is 0.137. The number of hydrogen-bond acceptors (Lipinski definition) is 4. The van der Waals surface area contributed by atoms with Crippen LogP contribution in [0, 0.1) is 11.7 Å². The Morgan fingerprint density at radius 2 is 1.71 bits per heavy atom. The molecule has 0 unspecified atom stereocenters. The quantitative estimate of drug-likeness (QED) is 0.655. The number of carbonyl (C=O) groups excluding carboxylic acids is 2. The zero-order chi connectivity index (χ0) is 22.0. The van der Waals surface area contributed by atoms with Gasteiger partial charge in [0.2, 0.25) is 11.7 Å². The van der Waals surface area contributed by atoms with Crippen molar-refractivity contribution >= 4 is 34.2 Å². The summed E-state index contributed by atoms with van der Waals surface area (Å²) in [5.74, 6) is -0.361. The Hall–Kier alpha value is -3.35. The molecule has 2 heterocycles. The minimum atomic E-state index is -0.274. The molecule has 0 aliphatic carbocycles. The van der Waals surface area contributed by atoms with Gasteiger partial charge in [-0.25, -0.2) is 4.39 Å². The van der Waals surface area contributed by atoms with Crippen LogP contribution in [-0.2, 0) is 4.79 Å². The van der Waals surface area contributed by atoms with Crippen molar-refractivity contribution in [1.82, 2.24) is 4.90 Å². The van der Waals surface area contributed by atoms with Crippen LogP contribution in [0.2, 0.25) is 0 Å². The van der Waals surface area contributed by atoms with Crippen LogP contribution in [-0.4, -0.2) is 42.9 Å². The van der Waals surface area contributed by atoms with E-state index in [1.165, 1.54) is 6.07 Å². The number of nitrogens with zero attached hydrogens (tertiary/aromatic N) is 2. The molecule has 0 radical (unpaired) electrons. The number of fused-ring (bicyclic) bond motifs is 1. The maximum Gasteiger partial charge on any atom is 0.291 e. The number of hydrogen-bond donors (Lipinski definition) is 1. The number of anilines is 2. The van der Waals surface area contributed by atoms with Crippen LogP contribution >= 0.6 is 0 Å². The Labute approximate surface area is 180 Å². The minimum Gasteiger partial charge on any atom is -0.449 e. The number of furan rings is 1. The van der Waals surface area contributed by atoms with Gasteiger partial charge in [0.25, 0.3) is 5.91 Å². The van der Waals surface area contributed by atoms with Crippen molar-refractivity contribution in [3.63, 3.8) is 0 Å². The first-order chi connectivity index (χ1) is 14.9. The van der Waals surface area contributed by atoms with Crippen LogP contribution < -0.4 is 10.2 Å². The number of halogens is 1. The third kappa shape index (κ3) is 4.40. The van der Waals surface area contributed by atoms with Crippen LogP contribution in [0.3, 0.4) is 0 Å². The molecule has 2 aromatic carbocycles. The molecule has 1 N–H and O–H groups in total. The maximum absolute atomic E-state index is 14.1. The fourth-order valence-electron chi connectivity index (χ4n) is 3.88. The lowest BCUT2D eigenvalue weighted by Gasteiger charge is -2.35. The van der Waals surface area contributed by atoms with Gasteiger partial charge in [0.15, 0.2) is 0 Å². The van der Waals surface area contributed by atoms with Crippen molar-refractivity contribution in [2.45, 2.75) is 20.3 Å². The average Bonchev–Trinajstić information content (AvgIpc) is 3.11. The van der Waals surface area contributed by atoms with Crippen LogP contribution in [0.1, 0.15) is 30.8 Å². The Bertz CT molecular complexity index is 1100. The number of amides is 2. The fourth-order valence-corrected chi connectivity index (χ4v) is 3.88. The fraction of sp³-hybridized carbons (Fsp3) is 0.333. The lowest BCUT2D eigenvalue weighted by molar-refractivity contribution is -0.116. The molecule has 31 heavy (non-hydrogen) atoms. The molecule has 0 saturated carbocycles. The first kappa shape index (κ1) is 20.9. The van der Waals surface area contributed by atoms with E-state index in [1.807, 2.05) is 36.9 Å². The van der Waals surface area contributed by atoms with Gasteiger partial charge in [-0.15, -0.1) is 0 Å². The normalized spacial score (nSPS) is 14.3. The van der Waals surface area contributed by atoms with Crippen LogP contribution in [0.25, 0.3) is 11.0 Å². The SMILES string of the molecule is CC(C)CC(=O)Nc1c(C(=O)N2CCN(c3ccccc3F)CC2)oc2ccccc12. The van der Waals surface area contributed by atoms with E-state index in [0.717, 1.165) is 0 Å². The molecule has 162 valence electrons. The highest BCUT2D eigenvalue weighted by Crippen LogP contribution is 2.32. The van der Waals surface area contributed by atoms with Crippen molar-refractivity contribution in [3.05, 3.63) is 60.1 Å². The van der Waals surface area contributed by atoms with E-state index in [2.05, 4.69) is 5.32 Å². The molecule has 0 atom stereocenters. The largest absolute Gasteiger partial charge is 0.449 e. The van der Waals surface area contributed by atoms with Crippen LogP contribution in [0.4, 0.5) is 15.8 Å². The zero-order valence-corrected chi connectivity index (χ0v) is 17.7. The zero-order valence-electron chi connectivity index (χ0n) is 17.7. The van der Waals surface area contributed by atoms with Crippen molar-refractivity contribution in [3.8, 4) is 0 Å². The standard InChI is InChI=1S/C24H26FN3O3/c1-16(2)15-21(29)26-22-17-7-3-6-10-20(17)31-23(22)24(30)28-13-11-27(12-14-28)19-9-5-4-8-18(19)25/h3-10,16H,11-15H2,1-2H3,(H,26,29). The van der Waals surface area contributed by atoms with Crippen molar-refractivity contribution in [1.29, 1.82) is 0 Å². The van der Waals surface area contributed by atoms with E-state index in [0.29, 0.717) is 54.9 Å². The molecular formula is C24H26FN3O3. The molecule has 2 amide bonds. The lowest BCUT2D eigenvalue weighted by atomic mass is 10.1. The molecule has 0 bridgehead atoms. The maximum atomic E-state index is 14.1. The first-order valence-corrected chi connectivity index (χ1v) is 10.5. The Kier molecular flexibility index (Phi) is 5.93. The molecular weight excluding hydrogens is 397 g/mol. The van der Waals surface area contributed by atoms with E-state index < -0.39 is 0 Å². The molecule has 1 aliphatic rings. The molecule has 1 aromatic heterocycles. The third-order valence-corrected chi connectivity index (χ3v) is 5.41. The molecule has 4 rings (SSSR count). The molecule has 1 saturated heterocycles. The van der Waals surface area contributed by atoms with Gasteiger partial charge in [-0.3, -0.25) is 9.59 Å². The van der Waals surface area contributed by atoms with Gasteiger partial charge in [-0.1, -0.05) is 38.1 Å². The molecule has 3 aromatic rings. The monoisotopic (exact) mass is 423 g/mol. The smallest absolute Gasteiger partial charge is 0.291 e. The van der Waals surface area contributed by atoms with E-state index in [9.17, 15) is 14.0 Å². The summed E-state index contributed by atoms with van der Waals surface area (Å²) in [6, 6.07) is 13.9. The Morgan fingerprint density at radius 1 is 1.03 bits per heavy atom. The molecule has 1 fully saturated rings. The highest BCUT2D eigenvalue weighted by atomic mass is 19.1. The second-order valence-electron chi connectivity index (χ2n) is 8.18. The van der Waals surface area contributed by atoms with Crippen LogP contribution in [0.5, 0.6) is 0 Å². The number of para-hydroxylation sites is 2. The van der Waals surface area contributed by atoms with E-state index in [1.54, 1.807) is 29.2 Å². The summed E-state index contributed by atoms with van der Waals surface area (Å²) in [5.41, 5.74) is 1.51. The van der Waals surface area contributed by atoms with E-state index >= 15 is 0 Å². The molecule has 0 spiro atoms. The van der Waals surface area contributed by atoms with Gasteiger partial charge >= 0.3 is 0 Å². The molecule has 6 nitrogen and oxygen atoms in total. The molecule has 1 aliphatic heterocycles.